The molecule has 3 aromatic rings. The Kier molecular flexibility index (Phi) is 6.75. The molecule has 4 nitrogen and oxygen atoms in total. The van der Waals surface area contributed by atoms with Gasteiger partial charge in [0.2, 0.25) is 0 Å². The second-order valence-corrected chi connectivity index (χ2v) is 7.35. The number of hydrogen-bond donors (Lipinski definition) is 2. The molecule has 0 heterocycles. The van der Waals surface area contributed by atoms with Crippen LogP contribution in [0.3, 0.4) is 0 Å². The molecule has 0 fully saturated rings. The Morgan fingerprint density at radius 2 is 1.87 bits per heavy atom. The van der Waals surface area contributed by atoms with Crippen LogP contribution in [-0.4, -0.2) is 17.6 Å². The molecule has 2 N–H and O–H groups in total. The van der Waals surface area contributed by atoms with Crippen LogP contribution >= 0.6 is 11.6 Å². The molecule has 0 atom stereocenters. The highest BCUT2D eigenvalue weighted by Crippen LogP contribution is 2.31. The number of hydrogen-bond acceptors (Lipinski definition) is 3. The van der Waals surface area contributed by atoms with Crippen LogP contribution in [0, 0.1) is 6.92 Å². The fourth-order valence-corrected chi connectivity index (χ4v) is 3.10. The molecule has 0 saturated heterocycles. The summed E-state index contributed by atoms with van der Waals surface area (Å²) in [6.07, 6.45) is -4.16. The van der Waals surface area contributed by atoms with E-state index >= 15 is 0 Å². The number of amides is 1. The summed E-state index contributed by atoms with van der Waals surface area (Å²) in [6, 6.07) is 14.3. The van der Waals surface area contributed by atoms with Gasteiger partial charge in [0.15, 0.2) is 0 Å². The predicted octanol–water partition coefficient (Wildman–Crippen LogP) is 6.25. The van der Waals surface area contributed by atoms with E-state index in [0.29, 0.717) is 22.0 Å². The highest BCUT2D eigenvalue weighted by atomic mass is 35.5. The molecule has 0 radical (unpaired) electrons. The Morgan fingerprint density at radius 3 is 2.61 bits per heavy atom. The maximum atomic E-state index is 12.9. The zero-order chi connectivity index (χ0) is 22.6. The van der Waals surface area contributed by atoms with Crippen molar-refractivity contribution in [2.45, 2.75) is 19.5 Å². The quantitative estimate of drug-likeness (QED) is 0.468. The summed E-state index contributed by atoms with van der Waals surface area (Å²) < 4.78 is 44.3. The number of rotatable bonds is 6. The molecule has 0 unspecified atom stereocenters. The SMILES string of the molecule is Cc1ccc(OCCc2cccc(C(F)(F)F)c2)c(NC(=O)c2cc(Cl)ccc2O)c1. The van der Waals surface area contributed by atoms with E-state index in [1.165, 1.54) is 24.3 Å². The smallest absolute Gasteiger partial charge is 0.416 e. The molecule has 1 amide bonds. The second-order valence-electron chi connectivity index (χ2n) is 6.91. The average molecular weight is 450 g/mol. The largest absolute Gasteiger partial charge is 0.507 e. The maximum absolute atomic E-state index is 12.9. The molecule has 0 aliphatic heterocycles. The van der Waals surface area contributed by atoms with Crippen LogP contribution < -0.4 is 10.1 Å². The molecule has 31 heavy (non-hydrogen) atoms. The van der Waals surface area contributed by atoms with Gasteiger partial charge >= 0.3 is 6.18 Å². The van der Waals surface area contributed by atoms with Crippen LogP contribution in [0.15, 0.2) is 60.7 Å². The minimum Gasteiger partial charge on any atom is -0.507 e. The zero-order valence-corrected chi connectivity index (χ0v) is 17.2. The van der Waals surface area contributed by atoms with E-state index in [9.17, 15) is 23.1 Å². The van der Waals surface area contributed by atoms with Gasteiger partial charge in [-0.1, -0.05) is 35.9 Å². The van der Waals surface area contributed by atoms with E-state index in [2.05, 4.69) is 5.32 Å². The number of phenols is 1. The van der Waals surface area contributed by atoms with Crippen molar-refractivity contribution in [1.29, 1.82) is 0 Å². The van der Waals surface area contributed by atoms with Crippen molar-refractivity contribution >= 4 is 23.2 Å². The van der Waals surface area contributed by atoms with Gasteiger partial charge in [-0.15, -0.1) is 0 Å². The number of aryl methyl sites for hydroxylation is 1. The number of halogens is 4. The zero-order valence-electron chi connectivity index (χ0n) is 16.5. The normalized spacial score (nSPS) is 11.3. The fourth-order valence-electron chi connectivity index (χ4n) is 2.93. The Bertz CT molecular complexity index is 1100. The van der Waals surface area contributed by atoms with Crippen LogP contribution in [0.5, 0.6) is 11.5 Å². The van der Waals surface area contributed by atoms with Crippen molar-refractivity contribution in [2.24, 2.45) is 0 Å². The number of alkyl halides is 3. The lowest BCUT2D eigenvalue weighted by Crippen LogP contribution is -2.14. The van der Waals surface area contributed by atoms with Crippen molar-refractivity contribution in [3.8, 4) is 11.5 Å². The van der Waals surface area contributed by atoms with Gasteiger partial charge in [-0.05, 0) is 54.4 Å². The van der Waals surface area contributed by atoms with E-state index < -0.39 is 17.6 Å². The van der Waals surface area contributed by atoms with E-state index in [1.807, 2.05) is 6.92 Å². The number of aromatic hydroxyl groups is 1. The Labute approximate surface area is 182 Å². The first-order valence-corrected chi connectivity index (χ1v) is 9.71. The molecule has 0 spiro atoms. The van der Waals surface area contributed by atoms with Gasteiger partial charge in [-0.3, -0.25) is 4.79 Å². The summed E-state index contributed by atoms with van der Waals surface area (Å²) in [5.74, 6) is -0.442. The van der Waals surface area contributed by atoms with Gasteiger partial charge in [0.05, 0.1) is 23.4 Å². The van der Waals surface area contributed by atoms with Gasteiger partial charge < -0.3 is 15.2 Å². The molecular formula is C23H19ClF3NO3. The van der Waals surface area contributed by atoms with E-state index in [4.69, 9.17) is 16.3 Å². The summed E-state index contributed by atoms with van der Waals surface area (Å²) in [7, 11) is 0. The number of phenolic OH excluding ortho intramolecular Hbond substituents is 1. The van der Waals surface area contributed by atoms with Crippen molar-refractivity contribution in [3.63, 3.8) is 0 Å². The van der Waals surface area contributed by atoms with Crippen LogP contribution in [0.4, 0.5) is 18.9 Å². The van der Waals surface area contributed by atoms with Crippen molar-refractivity contribution < 1.29 is 27.8 Å². The molecule has 3 aromatic carbocycles. The van der Waals surface area contributed by atoms with E-state index in [0.717, 1.165) is 17.7 Å². The Morgan fingerprint density at radius 1 is 1.10 bits per heavy atom. The number of carbonyl (C=O) groups excluding carboxylic acids is 1. The molecule has 162 valence electrons. The number of nitrogens with one attached hydrogen (secondary N) is 1. The molecule has 3 rings (SSSR count). The third-order valence-corrected chi connectivity index (χ3v) is 4.72. The third kappa shape index (κ3) is 5.92. The lowest BCUT2D eigenvalue weighted by Gasteiger charge is -2.14. The van der Waals surface area contributed by atoms with Gasteiger partial charge in [-0.2, -0.15) is 13.2 Å². The van der Waals surface area contributed by atoms with Gasteiger partial charge in [0.25, 0.3) is 5.91 Å². The molecule has 0 aliphatic carbocycles. The Balaban J connectivity index is 1.72. The maximum Gasteiger partial charge on any atom is 0.416 e. The number of ether oxygens (including phenoxy) is 1. The third-order valence-electron chi connectivity index (χ3n) is 4.49. The van der Waals surface area contributed by atoms with Crippen molar-refractivity contribution in [2.75, 3.05) is 11.9 Å². The first kappa shape index (κ1) is 22.5. The highest BCUT2D eigenvalue weighted by Gasteiger charge is 2.30. The molecule has 0 aromatic heterocycles. The Hall–Kier alpha value is -3.19. The summed E-state index contributed by atoms with van der Waals surface area (Å²) in [4.78, 5) is 12.6. The van der Waals surface area contributed by atoms with Gasteiger partial charge in [-0.25, -0.2) is 0 Å². The van der Waals surface area contributed by atoms with Gasteiger partial charge in [0, 0.05) is 11.4 Å². The lowest BCUT2D eigenvalue weighted by molar-refractivity contribution is -0.137. The predicted molar refractivity (Wildman–Crippen MR) is 113 cm³/mol. The van der Waals surface area contributed by atoms with E-state index in [1.54, 1.807) is 24.3 Å². The van der Waals surface area contributed by atoms with Crippen molar-refractivity contribution in [1.82, 2.24) is 0 Å². The summed E-state index contributed by atoms with van der Waals surface area (Å²) >= 11 is 5.90. The van der Waals surface area contributed by atoms with Crippen LogP contribution in [0.25, 0.3) is 0 Å². The monoisotopic (exact) mass is 449 g/mol. The minimum atomic E-state index is -4.41. The first-order chi connectivity index (χ1) is 14.6. The lowest BCUT2D eigenvalue weighted by atomic mass is 10.1. The van der Waals surface area contributed by atoms with Crippen LogP contribution in [-0.2, 0) is 12.6 Å². The number of carbonyl (C=O) groups is 1. The number of anilines is 1. The molecule has 0 bridgehead atoms. The summed E-state index contributed by atoms with van der Waals surface area (Å²) in [5.41, 5.74) is 0.999. The second kappa shape index (κ2) is 9.31. The van der Waals surface area contributed by atoms with Crippen LogP contribution in [0.2, 0.25) is 5.02 Å². The molecular weight excluding hydrogens is 431 g/mol. The van der Waals surface area contributed by atoms with Gasteiger partial charge in [0.1, 0.15) is 11.5 Å². The minimum absolute atomic E-state index is 0.00363. The fraction of sp³-hybridized carbons (Fsp3) is 0.174. The first-order valence-electron chi connectivity index (χ1n) is 9.33. The highest BCUT2D eigenvalue weighted by molar-refractivity contribution is 6.31. The molecule has 0 saturated carbocycles. The summed E-state index contributed by atoms with van der Waals surface area (Å²) in [6.45, 7) is 1.94. The number of benzene rings is 3. The van der Waals surface area contributed by atoms with E-state index in [-0.39, 0.29) is 24.3 Å². The van der Waals surface area contributed by atoms with Crippen LogP contribution in [0.1, 0.15) is 27.0 Å². The summed E-state index contributed by atoms with van der Waals surface area (Å²) in [5, 5.41) is 12.9. The molecule has 8 heteroatoms. The average Bonchev–Trinajstić information content (AvgIpc) is 2.71. The molecule has 0 aliphatic rings. The van der Waals surface area contributed by atoms with Crippen molar-refractivity contribution in [3.05, 3.63) is 87.9 Å². The standard InChI is InChI=1S/C23H19ClF3NO3/c1-14-5-8-21(31-10-9-15-3-2-4-16(12-15)23(25,26)27)19(11-14)28-22(30)18-13-17(24)6-7-20(18)29/h2-8,11-13,29H,9-10H2,1H3,(H,28,30). The topological polar surface area (TPSA) is 58.6 Å².